The minimum Gasteiger partial charge on any atom is -0.398 e. The number of hydrogen-bond donors (Lipinski definition) is 1. The van der Waals surface area contributed by atoms with Gasteiger partial charge in [0.05, 0.1) is 4.47 Å². The fourth-order valence-electron chi connectivity index (χ4n) is 0.847. The van der Waals surface area contributed by atoms with E-state index in [0.29, 0.717) is 33.9 Å². The number of carbonyl (C=O) groups excluding carboxylic acids is 2. The van der Waals surface area contributed by atoms with Crippen LogP contribution in [0.5, 0.6) is 0 Å². The summed E-state index contributed by atoms with van der Waals surface area (Å²) < 4.78 is 0.474. The van der Waals surface area contributed by atoms with E-state index in [4.69, 9.17) is 5.73 Å². The summed E-state index contributed by atoms with van der Waals surface area (Å²) in [5.41, 5.74) is 6.58. The SMILES string of the molecule is Nc1ccc(C=O)c(C=O)c1Br. The van der Waals surface area contributed by atoms with Gasteiger partial charge < -0.3 is 5.73 Å². The van der Waals surface area contributed by atoms with Crippen molar-refractivity contribution in [2.75, 3.05) is 5.73 Å². The zero-order valence-corrected chi connectivity index (χ0v) is 7.67. The van der Waals surface area contributed by atoms with Crippen molar-refractivity contribution in [3.63, 3.8) is 0 Å². The van der Waals surface area contributed by atoms with Crippen molar-refractivity contribution < 1.29 is 9.59 Å². The number of hydrogen-bond acceptors (Lipinski definition) is 3. The van der Waals surface area contributed by atoms with Gasteiger partial charge in [-0.1, -0.05) is 0 Å². The van der Waals surface area contributed by atoms with E-state index in [9.17, 15) is 9.59 Å². The van der Waals surface area contributed by atoms with Crippen LogP contribution in [-0.4, -0.2) is 12.6 Å². The summed E-state index contributed by atoms with van der Waals surface area (Å²) in [5, 5.41) is 0. The molecule has 0 aliphatic carbocycles. The minimum atomic E-state index is 0.296. The number of halogens is 1. The van der Waals surface area contributed by atoms with E-state index in [-0.39, 0.29) is 0 Å². The van der Waals surface area contributed by atoms with Gasteiger partial charge in [-0.2, -0.15) is 0 Å². The number of aldehydes is 2. The third-order valence-electron chi connectivity index (χ3n) is 1.49. The average Bonchev–Trinajstić information content (AvgIpc) is 2.09. The van der Waals surface area contributed by atoms with Gasteiger partial charge in [0.25, 0.3) is 0 Å². The van der Waals surface area contributed by atoms with E-state index >= 15 is 0 Å². The van der Waals surface area contributed by atoms with Crippen molar-refractivity contribution in [3.05, 3.63) is 27.7 Å². The molecule has 12 heavy (non-hydrogen) atoms. The third kappa shape index (κ3) is 1.38. The van der Waals surface area contributed by atoms with Crippen LogP contribution in [0, 0.1) is 0 Å². The normalized spacial score (nSPS) is 9.42. The average molecular weight is 228 g/mol. The lowest BCUT2D eigenvalue weighted by Gasteiger charge is -2.02. The Hall–Kier alpha value is -1.16. The van der Waals surface area contributed by atoms with Crippen LogP contribution < -0.4 is 5.73 Å². The first kappa shape index (κ1) is 8.93. The number of anilines is 1. The smallest absolute Gasteiger partial charge is 0.151 e. The molecule has 1 aromatic carbocycles. The molecule has 0 aromatic heterocycles. The number of carbonyl (C=O) groups is 2. The number of nitrogen functional groups attached to an aromatic ring is 1. The molecule has 0 saturated carbocycles. The maximum atomic E-state index is 10.5. The lowest BCUT2D eigenvalue weighted by atomic mass is 10.1. The summed E-state index contributed by atoms with van der Waals surface area (Å²) in [7, 11) is 0. The van der Waals surface area contributed by atoms with Crippen molar-refractivity contribution in [1.82, 2.24) is 0 Å². The van der Waals surface area contributed by atoms with Crippen LogP contribution in [0.1, 0.15) is 20.7 Å². The molecule has 1 aromatic rings. The van der Waals surface area contributed by atoms with Gasteiger partial charge in [0.2, 0.25) is 0 Å². The maximum absolute atomic E-state index is 10.5. The molecule has 62 valence electrons. The Bertz CT molecular complexity index is 336. The molecule has 2 N–H and O–H groups in total. The van der Waals surface area contributed by atoms with Crippen molar-refractivity contribution >= 4 is 34.2 Å². The van der Waals surface area contributed by atoms with Crippen LogP contribution >= 0.6 is 15.9 Å². The fraction of sp³-hybridized carbons (Fsp3) is 0. The number of benzene rings is 1. The molecule has 0 radical (unpaired) electrons. The van der Waals surface area contributed by atoms with Crippen LogP contribution in [0.2, 0.25) is 0 Å². The summed E-state index contributed by atoms with van der Waals surface area (Å²) >= 11 is 3.12. The third-order valence-corrected chi connectivity index (χ3v) is 2.37. The highest BCUT2D eigenvalue weighted by Gasteiger charge is 2.07. The molecule has 0 spiro atoms. The number of nitrogens with two attached hydrogens (primary N) is 1. The van der Waals surface area contributed by atoms with E-state index in [1.54, 1.807) is 6.07 Å². The predicted molar refractivity (Wildman–Crippen MR) is 49.3 cm³/mol. The molecule has 0 aliphatic heterocycles. The topological polar surface area (TPSA) is 60.2 Å². The second-order valence-corrected chi connectivity index (χ2v) is 3.00. The van der Waals surface area contributed by atoms with Gasteiger partial charge in [0, 0.05) is 16.8 Å². The molecule has 0 atom stereocenters. The van der Waals surface area contributed by atoms with Crippen LogP contribution in [0.15, 0.2) is 16.6 Å². The Morgan fingerprint density at radius 1 is 1.25 bits per heavy atom. The zero-order chi connectivity index (χ0) is 9.14. The van der Waals surface area contributed by atoms with Crippen molar-refractivity contribution in [2.24, 2.45) is 0 Å². The molecule has 0 aliphatic rings. The van der Waals surface area contributed by atoms with E-state index < -0.39 is 0 Å². The first-order chi connectivity index (χ1) is 5.70. The molecule has 1 rings (SSSR count). The van der Waals surface area contributed by atoms with Gasteiger partial charge in [-0.15, -0.1) is 0 Å². The van der Waals surface area contributed by atoms with Crippen LogP contribution in [0.3, 0.4) is 0 Å². The van der Waals surface area contributed by atoms with E-state index in [2.05, 4.69) is 15.9 Å². The molecule has 0 amide bonds. The Balaban J connectivity index is 3.45. The van der Waals surface area contributed by atoms with Gasteiger partial charge in [-0.05, 0) is 28.1 Å². The predicted octanol–water partition coefficient (Wildman–Crippen LogP) is 1.66. The summed E-state index contributed by atoms with van der Waals surface area (Å²) in [6.07, 6.45) is 1.22. The fourth-order valence-corrected chi connectivity index (χ4v) is 1.30. The highest BCUT2D eigenvalue weighted by atomic mass is 79.9. The van der Waals surface area contributed by atoms with E-state index in [0.717, 1.165) is 0 Å². The molecular formula is C8H6BrNO2. The van der Waals surface area contributed by atoms with Gasteiger partial charge in [0.1, 0.15) is 0 Å². The Labute approximate surface area is 77.7 Å². The first-order valence-electron chi connectivity index (χ1n) is 3.19. The van der Waals surface area contributed by atoms with Crippen molar-refractivity contribution in [3.8, 4) is 0 Å². The lowest BCUT2D eigenvalue weighted by Crippen LogP contribution is -1.96. The van der Waals surface area contributed by atoms with Gasteiger partial charge in [-0.3, -0.25) is 9.59 Å². The van der Waals surface area contributed by atoms with Crippen LogP contribution in [0.4, 0.5) is 5.69 Å². The first-order valence-corrected chi connectivity index (χ1v) is 3.98. The summed E-state index contributed by atoms with van der Waals surface area (Å²) in [5.74, 6) is 0. The number of rotatable bonds is 2. The Kier molecular flexibility index (Phi) is 2.60. The Morgan fingerprint density at radius 3 is 2.42 bits per heavy atom. The van der Waals surface area contributed by atoms with Crippen molar-refractivity contribution in [2.45, 2.75) is 0 Å². The van der Waals surface area contributed by atoms with Crippen molar-refractivity contribution in [1.29, 1.82) is 0 Å². The zero-order valence-electron chi connectivity index (χ0n) is 6.08. The molecule has 0 unspecified atom stereocenters. The molecule has 0 bridgehead atoms. The van der Waals surface area contributed by atoms with Crippen LogP contribution in [-0.2, 0) is 0 Å². The van der Waals surface area contributed by atoms with E-state index in [1.807, 2.05) is 0 Å². The molecule has 4 heteroatoms. The second-order valence-electron chi connectivity index (χ2n) is 2.21. The van der Waals surface area contributed by atoms with Gasteiger partial charge in [-0.25, -0.2) is 0 Å². The molecular weight excluding hydrogens is 222 g/mol. The molecule has 3 nitrogen and oxygen atoms in total. The monoisotopic (exact) mass is 227 g/mol. The maximum Gasteiger partial charge on any atom is 0.151 e. The summed E-state index contributed by atoms with van der Waals surface area (Å²) in [4.78, 5) is 20.9. The molecule has 0 saturated heterocycles. The standard InChI is InChI=1S/C8H6BrNO2/c9-8-6(4-12)5(3-11)1-2-7(8)10/h1-4H,10H2. The summed E-state index contributed by atoms with van der Waals surface area (Å²) in [6, 6.07) is 3.08. The highest BCUT2D eigenvalue weighted by Crippen LogP contribution is 2.24. The molecule has 0 fully saturated rings. The second kappa shape index (κ2) is 3.49. The van der Waals surface area contributed by atoms with Gasteiger partial charge >= 0.3 is 0 Å². The highest BCUT2D eigenvalue weighted by molar-refractivity contribution is 9.10. The lowest BCUT2D eigenvalue weighted by molar-refractivity contribution is 0.109. The van der Waals surface area contributed by atoms with E-state index in [1.165, 1.54) is 6.07 Å². The van der Waals surface area contributed by atoms with Crippen LogP contribution in [0.25, 0.3) is 0 Å². The quantitative estimate of drug-likeness (QED) is 0.618. The molecule has 0 heterocycles. The Morgan fingerprint density at radius 2 is 1.92 bits per heavy atom. The minimum absolute atomic E-state index is 0.296. The summed E-state index contributed by atoms with van der Waals surface area (Å²) in [6.45, 7) is 0. The largest absolute Gasteiger partial charge is 0.398 e. The van der Waals surface area contributed by atoms with Gasteiger partial charge in [0.15, 0.2) is 12.6 Å².